The SMILES string of the molecule is CC(C)=CCCC(C)(O[C@@H]1CC2O[C@@H]2C(O)C1O)C1CC[C@]2(C)C1C(=O)CC1[C@@]3(C)CC[C@H](O)C(C)(C)C3CC[C@]12C. The van der Waals surface area contributed by atoms with Gasteiger partial charge in [0.25, 0.3) is 0 Å². The third-order valence-corrected chi connectivity index (χ3v) is 14.7. The van der Waals surface area contributed by atoms with Gasteiger partial charge in [0.1, 0.15) is 24.1 Å². The predicted molar refractivity (Wildman–Crippen MR) is 163 cm³/mol. The Hall–Kier alpha value is -0.790. The van der Waals surface area contributed by atoms with Gasteiger partial charge in [0.15, 0.2) is 0 Å². The minimum atomic E-state index is -0.978. The lowest BCUT2D eigenvalue weighted by Gasteiger charge is -2.69. The molecule has 1 saturated heterocycles. The van der Waals surface area contributed by atoms with Crippen LogP contribution < -0.4 is 0 Å². The van der Waals surface area contributed by atoms with Crippen molar-refractivity contribution in [2.45, 2.75) is 162 Å². The van der Waals surface area contributed by atoms with E-state index >= 15 is 0 Å². The lowest BCUT2D eigenvalue weighted by molar-refractivity contribution is -0.227. The Bertz CT molecular complexity index is 1110. The molecule has 3 N–H and O–H groups in total. The molecule has 6 nitrogen and oxygen atoms in total. The molecule has 6 heteroatoms. The van der Waals surface area contributed by atoms with Crippen LogP contribution in [-0.4, -0.2) is 63.3 Å². The minimum Gasteiger partial charge on any atom is -0.393 e. The number of hydrogen-bond acceptors (Lipinski definition) is 6. The van der Waals surface area contributed by atoms with Gasteiger partial charge in [-0.3, -0.25) is 4.79 Å². The van der Waals surface area contributed by atoms with Crippen molar-refractivity contribution >= 4 is 5.78 Å². The molecule has 0 bridgehead atoms. The molecule has 8 unspecified atom stereocenters. The number of ether oxygens (including phenoxy) is 2. The first-order valence-electron chi connectivity index (χ1n) is 17.0. The molecule has 0 radical (unpaired) electrons. The molecule has 0 aromatic carbocycles. The van der Waals surface area contributed by atoms with Crippen LogP contribution in [0.4, 0.5) is 0 Å². The number of ketones is 1. The molecule has 0 aromatic rings. The lowest BCUT2D eigenvalue weighted by Crippen LogP contribution is -2.66. The maximum absolute atomic E-state index is 14.6. The van der Waals surface area contributed by atoms with Crippen LogP contribution in [0.2, 0.25) is 0 Å². The fourth-order valence-electron chi connectivity index (χ4n) is 12.0. The van der Waals surface area contributed by atoms with Crippen molar-refractivity contribution in [3.8, 4) is 0 Å². The summed E-state index contributed by atoms with van der Waals surface area (Å²) in [5.41, 5.74) is 0.497. The van der Waals surface area contributed by atoms with Crippen LogP contribution in [0, 0.1) is 45.3 Å². The zero-order chi connectivity index (χ0) is 30.6. The van der Waals surface area contributed by atoms with Crippen molar-refractivity contribution in [2.24, 2.45) is 45.3 Å². The van der Waals surface area contributed by atoms with Crippen LogP contribution in [0.3, 0.4) is 0 Å². The van der Waals surface area contributed by atoms with Gasteiger partial charge in [0, 0.05) is 18.8 Å². The number of carbonyl (C=O) groups excluding carboxylic acids is 1. The third kappa shape index (κ3) is 4.39. The topological polar surface area (TPSA) is 99.5 Å². The van der Waals surface area contributed by atoms with Gasteiger partial charge in [0.05, 0.1) is 23.9 Å². The van der Waals surface area contributed by atoms with E-state index in [4.69, 9.17) is 9.47 Å². The van der Waals surface area contributed by atoms with Crippen molar-refractivity contribution in [1.29, 1.82) is 0 Å². The average molecular weight is 587 g/mol. The maximum Gasteiger partial charge on any atom is 0.137 e. The summed E-state index contributed by atoms with van der Waals surface area (Å²) in [6.07, 6.45) is 8.09. The number of Topliss-reactive ketones (excluding diaryl/α,β-unsaturated/α-hetero) is 1. The maximum atomic E-state index is 14.6. The Balaban J connectivity index is 1.33. The number of epoxide rings is 1. The molecule has 5 saturated carbocycles. The second-order valence-corrected chi connectivity index (χ2v) is 17.3. The first kappa shape index (κ1) is 31.2. The first-order chi connectivity index (χ1) is 19.5. The van der Waals surface area contributed by atoms with E-state index in [2.05, 4.69) is 61.5 Å². The van der Waals surface area contributed by atoms with E-state index < -0.39 is 23.9 Å². The number of aliphatic hydroxyl groups excluding tert-OH is 3. The standard InChI is InChI=1S/C36H58O6/c1-20(2)10-9-14-36(8,42-23-19-24-31(41-24)30(40)29(23)39)21-11-16-35(7)28(21)22(37)18-26-33(5)15-13-27(38)32(3,4)25(33)12-17-34(26,35)6/h10,21,23-31,38-40H,9,11-19H2,1-8H3/t21?,23-,24?,25?,26?,27+,28?,29?,30?,31+,33+,34-,35-,36?/m1/s1. The normalized spacial score (nSPS) is 52.3. The third-order valence-electron chi connectivity index (χ3n) is 14.7. The molecule has 6 aliphatic rings. The molecule has 42 heavy (non-hydrogen) atoms. The van der Waals surface area contributed by atoms with E-state index in [-0.39, 0.29) is 51.8 Å². The molecule has 5 aliphatic carbocycles. The number of carbonyl (C=O) groups is 1. The van der Waals surface area contributed by atoms with Crippen LogP contribution in [0.1, 0.15) is 120 Å². The van der Waals surface area contributed by atoms with Gasteiger partial charge in [-0.15, -0.1) is 0 Å². The molecule has 0 amide bonds. The molecule has 0 spiro atoms. The van der Waals surface area contributed by atoms with Crippen molar-refractivity contribution in [3.63, 3.8) is 0 Å². The second-order valence-electron chi connectivity index (χ2n) is 17.3. The largest absolute Gasteiger partial charge is 0.393 e. The van der Waals surface area contributed by atoms with Gasteiger partial charge < -0.3 is 24.8 Å². The van der Waals surface area contributed by atoms with Gasteiger partial charge in [-0.25, -0.2) is 0 Å². The van der Waals surface area contributed by atoms with Crippen molar-refractivity contribution < 1.29 is 29.6 Å². The molecule has 1 heterocycles. The number of allylic oxidation sites excluding steroid dienone is 2. The Morgan fingerprint density at radius 2 is 1.67 bits per heavy atom. The smallest absolute Gasteiger partial charge is 0.137 e. The summed E-state index contributed by atoms with van der Waals surface area (Å²) in [4.78, 5) is 14.6. The summed E-state index contributed by atoms with van der Waals surface area (Å²) in [6.45, 7) is 18.3. The summed E-state index contributed by atoms with van der Waals surface area (Å²) in [5.74, 6) is 1.13. The van der Waals surface area contributed by atoms with E-state index in [1.54, 1.807) is 0 Å². The number of rotatable bonds is 6. The Kier molecular flexibility index (Phi) is 7.51. The monoisotopic (exact) mass is 586 g/mol. The van der Waals surface area contributed by atoms with E-state index in [1.165, 1.54) is 5.57 Å². The Labute approximate surface area is 254 Å². The Morgan fingerprint density at radius 3 is 2.36 bits per heavy atom. The van der Waals surface area contributed by atoms with E-state index in [9.17, 15) is 20.1 Å². The van der Waals surface area contributed by atoms with E-state index in [1.807, 2.05) is 0 Å². The van der Waals surface area contributed by atoms with Crippen molar-refractivity contribution in [1.82, 2.24) is 0 Å². The number of hydrogen-bond donors (Lipinski definition) is 3. The van der Waals surface area contributed by atoms with Gasteiger partial charge in [-0.2, -0.15) is 0 Å². The lowest BCUT2D eigenvalue weighted by atomic mass is 9.35. The summed E-state index contributed by atoms with van der Waals surface area (Å²) in [5, 5.41) is 32.7. The minimum absolute atomic E-state index is 0.0421. The zero-order valence-corrected chi connectivity index (χ0v) is 27.5. The average Bonchev–Trinajstić information content (AvgIpc) is 3.58. The van der Waals surface area contributed by atoms with Crippen LogP contribution in [-0.2, 0) is 14.3 Å². The molecule has 6 rings (SSSR count). The van der Waals surface area contributed by atoms with Crippen LogP contribution in [0.5, 0.6) is 0 Å². The van der Waals surface area contributed by atoms with Gasteiger partial charge in [0.2, 0.25) is 0 Å². The summed E-state index contributed by atoms with van der Waals surface area (Å²) in [7, 11) is 0. The van der Waals surface area contributed by atoms with Gasteiger partial charge >= 0.3 is 0 Å². The molecule has 1 aliphatic heterocycles. The van der Waals surface area contributed by atoms with Crippen LogP contribution in [0.25, 0.3) is 0 Å². The molecule has 14 atom stereocenters. The fourth-order valence-corrected chi connectivity index (χ4v) is 12.0. The number of fused-ring (bicyclic) bond motifs is 6. The van der Waals surface area contributed by atoms with Crippen LogP contribution in [0.15, 0.2) is 11.6 Å². The molecular formula is C36H58O6. The van der Waals surface area contributed by atoms with Crippen molar-refractivity contribution in [3.05, 3.63) is 11.6 Å². The highest BCUT2D eigenvalue weighted by Gasteiger charge is 2.72. The number of aliphatic hydroxyl groups is 3. The van der Waals surface area contributed by atoms with Crippen molar-refractivity contribution in [2.75, 3.05) is 0 Å². The summed E-state index contributed by atoms with van der Waals surface area (Å²) in [6, 6.07) is 0. The zero-order valence-electron chi connectivity index (χ0n) is 27.5. The fraction of sp³-hybridized carbons (Fsp3) is 0.917. The predicted octanol–water partition coefficient (Wildman–Crippen LogP) is 5.99. The second kappa shape index (κ2) is 10.1. The quantitative estimate of drug-likeness (QED) is 0.261. The summed E-state index contributed by atoms with van der Waals surface area (Å²) < 4.78 is 12.6. The van der Waals surface area contributed by atoms with E-state index in [0.717, 1.165) is 51.4 Å². The van der Waals surface area contributed by atoms with Crippen LogP contribution >= 0.6 is 0 Å². The molecular weight excluding hydrogens is 528 g/mol. The Morgan fingerprint density at radius 1 is 0.976 bits per heavy atom. The highest BCUT2D eigenvalue weighted by Crippen LogP contribution is 2.75. The molecule has 0 aromatic heterocycles. The van der Waals surface area contributed by atoms with E-state index in [0.29, 0.717) is 30.5 Å². The first-order valence-corrected chi connectivity index (χ1v) is 17.0. The van der Waals surface area contributed by atoms with Gasteiger partial charge in [-0.05, 0) is 112 Å². The molecule has 238 valence electrons. The molecule has 6 fully saturated rings. The summed E-state index contributed by atoms with van der Waals surface area (Å²) >= 11 is 0. The highest BCUT2D eigenvalue weighted by atomic mass is 16.6. The van der Waals surface area contributed by atoms with Gasteiger partial charge in [-0.1, -0.05) is 46.3 Å². The highest BCUT2D eigenvalue weighted by molar-refractivity contribution is 5.84.